The van der Waals surface area contributed by atoms with E-state index >= 15 is 0 Å². The first-order chi connectivity index (χ1) is 10.4. The molecule has 22 heavy (non-hydrogen) atoms. The second-order valence-corrected chi connectivity index (χ2v) is 5.32. The molecule has 0 aliphatic rings. The molecular weight excluding hydrogens is 283 g/mol. The Hall–Kier alpha value is -2.11. The largest absolute Gasteiger partial charge is 0.356 e. The Bertz CT molecular complexity index is 529. The van der Waals surface area contributed by atoms with E-state index in [0.29, 0.717) is 18.1 Å². The van der Waals surface area contributed by atoms with Crippen LogP contribution in [0.3, 0.4) is 0 Å². The van der Waals surface area contributed by atoms with Gasteiger partial charge in [-0.25, -0.2) is 9.38 Å². The zero-order valence-electron chi connectivity index (χ0n) is 13.7. The maximum Gasteiger partial charge on any atom is 0.241 e. The molecule has 6 heteroatoms. The van der Waals surface area contributed by atoms with Gasteiger partial charge in [0.1, 0.15) is 5.82 Å². The van der Waals surface area contributed by atoms with Gasteiger partial charge in [-0.1, -0.05) is 19.1 Å². The van der Waals surface area contributed by atoms with Crippen LogP contribution in [0.1, 0.15) is 24.5 Å². The third-order valence-corrected chi connectivity index (χ3v) is 3.10. The first-order valence-corrected chi connectivity index (χ1v) is 7.41. The standard InChI is InChI=1S/C16H25FN4O/c1-5-8-18-16(20-11-15(22)21(3)4)19-10-13-7-6-12(2)14(17)9-13/h6-7,9H,5,8,10-11H2,1-4H3,(H2,18,19,20). The number of halogens is 1. The Morgan fingerprint density at radius 3 is 2.64 bits per heavy atom. The lowest BCUT2D eigenvalue weighted by atomic mass is 10.1. The van der Waals surface area contributed by atoms with Gasteiger partial charge in [-0.3, -0.25) is 4.79 Å². The number of aryl methyl sites for hydroxylation is 1. The van der Waals surface area contributed by atoms with E-state index in [1.54, 1.807) is 27.1 Å². The van der Waals surface area contributed by atoms with E-state index in [0.717, 1.165) is 18.5 Å². The highest BCUT2D eigenvalue weighted by molar-refractivity contribution is 5.86. The number of benzene rings is 1. The number of hydrogen-bond acceptors (Lipinski definition) is 2. The van der Waals surface area contributed by atoms with Gasteiger partial charge in [0.25, 0.3) is 0 Å². The van der Waals surface area contributed by atoms with E-state index < -0.39 is 0 Å². The van der Waals surface area contributed by atoms with E-state index in [1.807, 2.05) is 13.0 Å². The zero-order valence-corrected chi connectivity index (χ0v) is 13.7. The molecule has 0 spiro atoms. The maximum absolute atomic E-state index is 13.5. The molecule has 0 unspecified atom stereocenters. The number of carbonyl (C=O) groups is 1. The molecular formula is C16H25FN4O. The number of guanidine groups is 1. The fourth-order valence-electron chi connectivity index (χ4n) is 1.64. The van der Waals surface area contributed by atoms with Gasteiger partial charge in [0.05, 0.1) is 13.1 Å². The number of carbonyl (C=O) groups excluding carboxylic acids is 1. The number of rotatable bonds is 6. The molecule has 0 atom stereocenters. The number of amides is 1. The van der Waals surface area contributed by atoms with Crippen LogP contribution in [0.5, 0.6) is 0 Å². The third kappa shape index (κ3) is 6.11. The number of likely N-dealkylation sites (N-methyl/N-ethyl adjacent to an activating group) is 1. The molecule has 0 bridgehead atoms. The van der Waals surface area contributed by atoms with Crippen LogP contribution in [0, 0.1) is 12.7 Å². The summed E-state index contributed by atoms with van der Waals surface area (Å²) in [4.78, 5) is 17.5. The summed E-state index contributed by atoms with van der Waals surface area (Å²) in [6, 6.07) is 5.08. The fourth-order valence-corrected chi connectivity index (χ4v) is 1.64. The van der Waals surface area contributed by atoms with Crippen LogP contribution in [0.25, 0.3) is 0 Å². The lowest BCUT2D eigenvalue weighted by Crippen LogP contribution is -2.43. The average molecular weight is 308 g/mol. The molecule has 0 aliphatic carbocycles. The van der Waals surface area contributed by atoms with Crippen molar-refractivity contribution in [1.29, 1.82) is 0 Å². The van der Waals surface area contributed by atoms with Gasteiger partial charge >= 0.3 is 0 Å². The van der Waals surface area contributed by atoms with Gasteiger partial charge in [0.15, 0.2) is 5.96 Å². The van der Waals surface area contributed by atoms with Gasteiger partial charge in [-0.2, -0.15) is 0 Å². The molecule has 1 aromatic rings. The zero-order chi connectivity index (χ0) is 16.5. The summed E-state index contributed by atoms with van der Waals surface area (Å²) in [5.41, 5.74) is 1.41. The van der Waals surface area contributed by atoms with Gasteiger partial charge in [-0.05, 0) is 30.5 Å². The van der Waals surface area contributed by atoms with Crippen molar-refractivity contribution in [3.8, 4) is 0 Å². The van der Waals surface area contributed by atoms with Crippen molar-refractivity contribution in [1.82, 2.24) is 15.5 Å². The summed E-state index contributed by atoms with van der Waals surface area (Å²) in [7, 11) is 3.41. The molecule has 0 aliphatic heterocycles. The van der Waals surface area contributed by atoms with E-state index in [9.17, 15) is 9.18 Å². The minimum atomic E-state index is -0.230. The van der Waals surface area contributed by atoms with E-state index in [2.05, 4.69) is 15.6 Å². The Balaban J connectivity index is 2.68. The number of nitrogens with zero attached hydrogens (tertiary/aromatic N) is 2. The normalized spacial score (nSPS) is 11.2. The first kappa shape index (κ1) is 17.9. The lowest BCUT2D eigenvalue weighted by Gasteiger charge is -2.14. The molecule has 2 N–H and O–H groups in total. The average Bonchev–Trinajstić information content (AvgIpc) is 2.49. The molecule has 1 amide bonds. The smallest absolute Gasteiger partial charge is 0.241 e. The topological polar surface area (TPSA) is 56.7 Å². The molecule has 0 aromatic heterocycles. The van der Waals surface area contributed by atoms with Crippen molar-refractivity contribution < 1.29 is 9.18 Å². The van der Waals surface area contributed by atoms with Crippen LogP contribution in [-0.2, 0) is 11.3 Å². The third-order valence-electron chi connectivity index (χ3n) is 3.10. The Labute approximate surface area is 131 Å². The molecule has 1 rings (SSSR count). The van der Waals surface area contributed by atoms with Gasteiger partial charge in [-0.15, -0.1) is 0 Å². The van der Waals surface area contributed by atoms with Crippen LogP contribution in [-0.4, -0.2) is 44.0 Å². The summed E-state index contributed by atoms with van der Waals surface area (Å²) >= 11 is 0. The second-order valence-electron chi connectivity index (χ2n) is 5.32. The van der Waals surface area contributed by atoms with Gasteiger partial charge in [0, 0.05) is 20.6 Å². The molecule has 5 nitrogen and oxygen atoms in total. The van der Waals surface area contributed by atoms with Crippen LogP contribution in [0.4, 0.5) is 4.39 Å². The SMILES string of the molecule is CCCNC(=NCc1ccc(C)c(F)c1)NCC(=O)N(C)C. The molecule has 0 saturated carbocycles. The number of aliphatic imine (C=N–C) groups is 1. The summed E-state index contributed by atoms with van der Waals surface area (Å²) in [6.45, 7) is 5.05. The molecule has 0 fully saturated rings. The van der Waals surface area contributed by atoms with Crippen molar-refractivity contribution in [2.75, 3.05) is 27.2 Å². The molecule has 0 radical (unpaired) electrons. The van der Waals surface area contributed by atoms with Gasteiger partial charge in [0.2, 0.25) is 5.91 Å². The predicted molar refractivity (Wildman–Crippen MR) is 87.3 cm³/mol. The fraction of sp³-hybridized carbons (Fsp3) is 0.500. The van der Waals surface area contributed by atoms with Crippen LogP contribution in [0.2, 0.25) is 0 Å². The van der Waals surface area contributed by atoms with Crippen molar-refractivity contribution in [3.05, 3.63) is 35.1 Å². The Morgan fingerprint density at radius 1 is 1.32 bits per heavy atom. The number of hydrogen-bond donors (Lipinski definition) is 2. The quantitative estimate of drug-likeness (QED) is 0.621. The molecule has 122 valence electrons. The molecule has 1 aromatic carbocycles. The first-order valence-electron chi connectivity index (χ1n) is 7.41. The highest BCUT2D eigenvalue weighted by Crippen LogP contribution is 2.09. The second kappa shape index (κ2) is 9.02. The minimum Gasteiger partial charge on any atom is -0.356 e. The van der Waals surface area contributed by atoms with Crippen molar-refractivity contribution in [3.63, 3.8) is 0 Å². The van der Waals surface area contributed by atoms with Crippen molar-refractivity contribution in [2.24, 2.45) is 4.99 Å². The summed E-state index contributed by atoms with van der Waals surface area (Å²) < 4.78 is 13.5. The highest BCUT2D eigenvalue weighted by atomic mass is 19.1. The van der Waals surface area contributed by atoms with Crippen LogP contribution < -0.4 is 10.6 Å². The van der Waals surface area contributed by atoms with Gasteiger partial charge < -0.3 is 15.5 Å². The van der Waals surface area contributed by atoms with E-state index in [1.165, 1.54) is 11.0 Å². The van der Waals surface area contributed by atoms with E-state index in [-0.39, 0.29) is 18.3 Å². The van der Waals surface area contributed by atoms with Crippen LogP contribution in [0.15, 0.2) is 23.2 Å². The Morgan fingerprint density at radius 2 is 2.05 bits per heavy atom. The van der Waals surface area contributed by atoms with E-state index in [4.69, 9.17) is 0 Å². The maximum atomic E-state index is 13.5. The summed E-state index contributed by atoms with van der Waals surface area (Å²) in [6.07, 6.45) is 0.946. The van der Waals surface area contributed by atoms with Crippen LogP contribution >= 0.6 is 0 Å². The number of nitrogens with one attached hydrogen (secondary N) is 2. The molecule has 0 saturated heterocycles. The monoisotopic (exact) mass is 308 g/mol. The summed E-state index contributed by atoms with van der Waals surface area (Å²) in [5.74, 6) is 0.289. The minimum absolute atomic E-state index is 0.0348. The predicted octanol–water partition coefficient (Wildman–Crippen LogP) is 1.67. The lowest BCUT2D eigenvalue weighted by molar-refractivity contribution is -0.127. The van der Waals surface area contributed by atoms with Crippen molar-refractivity contribution >= 4 is 11.9 Å². The Kier molecular flexibility index (Phi) is 7.36. The summed E-state index contributed by atoms with van der Waals surface area (Å²) in [5, 5.41) is 6.12. The highest BCUT2D eigenvalue weighted by Gasteiger charge is 2.06. The van der Waals surface area contributed by atoms with Crippen molar-refractivity contribution in [2.45, 2.75) is 26.8 Å². The molecule has 0 heterocycles.